The molecule has 1 aliphatic heterocycles. The molecule has 0 spiro atoms. The number of hydrogen-bond acceptors (Lipinski definition) is 5. The molecule has 0 radical (unpaired) electrons. The quantitative estimate of drug-likeness (QED) is 0.269. The van der Waals surface area contributed by atoms with Gasteiger partial charge in [0, 0.05) is 75.3 Å². The Hall–Kier alpha value is -2.20. The Morgan fingerprint density at radius 3 is 2.69 bits per heavy atom. The number of thiophene rings is 1. The van der Waals surface area contributed by atoms with Crippen molar-refractivity contribution < 1.29 is 4.74 Å². The molecule has 1 fully saturated rings. The van der Waals surface area contributed by atoms with Crippen molar-refractivity contribution >= 4 is 54.7 Å². The van der Waals surface area contributed by atoms with E-state index in [9.17, 15) is 4.79 Å². The van der Waals surface area contributed by atoms with Gasteiger partial charge in [-0.1, -0.05) is 31.2 Å². The summed E-state index contributed by atoms with van der Waals surface area (Å²) in [5, 5.41) is 3.97. The van der Waals surface area contributed by atoms with Crippen molar-refractivity contribution in [3.8, 4) is 0 Å². The molecule has 0 N–H and O–H groups in total. The lowest BCUT2D eigenvalue weighted by Gasteiger charge is -2.33. The van der Waals surface area contributed by atoms with Crippen LogP contribution in [0.3, 0.4) is 0 Å². The molecule has 4 aromatic rings. The van der Waals surface area contributed by atoms with E-state index in [0.29, 0.717) is 18.2 Å². The van der Waals surface area contributed by atoms with E-state index in [2.05, 4.69) is 64.0 Å². The van der Waals surface area contributed by atoms with Crippen molar-refractivity contribution in [2.24, 2.45) is 0 Å². The number of pyridine rings is 2. The number of piperidine rings is 1. The molecular weight excluding hydrogens is 471 g/mol. The second-order valence-corrected chi connectivity index (χ2v) is 17.7. The summed E-state index contributed by atoms with van der Waals surface area (Å²) in [5.74, 6) is 0. The predicted molar refractivity (Wildman–Crippen MR) is 152 cm³/mol. The van der Waals surface area contributed by atoms with Crippen LogP contribution in [0.2, 0.25) is 25.7 Å². The van der Waals surface area contributed by atoms with Gasteiger partial charge in [-0.05, 0) is 30.3 Å². The average Bonchev–Trinajstić information content (AvgIpc) is 3.43. The Morgan fingerprint density at radius 2 is 1.97 bits per heavy atom. The maximum atomic E-state index is 12.7. The molecule has 5 heterocycles. The summed E-state index contributed by atoms with van der Waals surface area (Å²) in [6.07, 6.45) is 7.94. The smallest absolute Gasteiger partial charge is 0.190 e. The molecule has 0 aliphatic carbocycles. The highest BCUT2D eigenvalue weighted by atomic mass is 32.1. The lowest BCUT2D eigenvalue weighted by molar-refractivity contribution is 0.0899. The zero-order valence-corrected chi connectivity index (χ0v) is 23.1. The van der Waals surface area contributed by atoms with Crippen LogP contribution in [-0.4, -0.2) is 54.6 Å². The molecule has 0 unspecified atom stereocenters. The summed E-state index contributed by atoms with van der Waals surface area (Å²) < 4.78 is 10.4. The van der Waals surface area contributed by atoms with Crippen LogP contribution in [0.5, 0.6) is 0 Å². The first kappa shape index (κ1) is 24.5. The van der Waals surface area contributed by atoms with Crippen molar-refractivity contribution in [2.45, 2.75) is 57.8 Å². The van der Waals surface area contributed by atoms with Gasteiger partial charge in [0.1, 0.15) is 20.2 Å². The molecule has 0 atom stereocenters. The lowest BCUT2D eigenvalue weighted by atomic mass is 10.00. The van der Waals surface area contributed by atoms with Crippen molar-refractivity contribution in [3.63, 3.8) is 0 Å². The highest BCUT2D eigenvalue weighted by Crippen LogP contribution is 2.30. The molecule has 4 aromatic heterocycles. The van der Waals surface area contributed by atoms with Crippen LogP contribution in [0.1, 0.15) is 23.8 Å². The molecule has 184 valence electrons. The van der Waals surface area contributed by atoms with Gasteiger partial charge in [-0.2, -0.15) is 0 Å². The summed E-state index contributed by atoms with van der Waals surface area (Å²) in [7, 11) is 1.04. The summed E-state index contributed by atoms with van der Waals surface area (Å²) in [6.45, 7) is 11.5. The largest absolute Gasteiger partial charge is 0.361 e. The topological polar surface area (TPSA) is 52.3 Å². The van der Waals surface area contributed by atoms with Crippen LogP contribution >= 0.6 is 11.3 Å². The molecule has 1 aliphatic rings. The first-order valence-electron chi connectivity index (χ1n) is 12.6. The van der Waals surface area contributed by atoms with Crippen LogP contribution < -0.4 is 10.9 Å². The van der Waals surface area contributed by atoms with E-state index in [1.807, 2.05) is 23.7 Å². The van der Waals surface area contributed by atoms with Gasteiger partial charge < -0.3 is 13.9 Å². The fourth-order valence-electron chi connectivity index (χ4n) is 4.99. The maximum Gasteiger partial charge on any atom is 0.190 e. The molecule has 5 rings (SSSR count). The van der Waals surface area contributed by atoms with E-state index in [1.165, 1.54) is 10.3 Å². The van der Waals surface area contributed by atoms with Crippen molar-refractivity contribution in [1.29, 1.82) is 0 Å². The summed E-state index contributed by atoms with van der Waals surface area (Å²) >= 11 is 1.86. The third kappa shape index (κ3) is 5.48. The van der Waals surface area contributed by atoms with Crippen LogP contribution in [0.4, 0.5) is 0 Å². The number of hydrogen-bond donors (Lipinski definition) is 0. The van der Waals surface area contributed by atoms with Gasteiger partial charge in [0.25, 0.3) is 0 Å². The second-order valence-electron chi connectivity index (χ2n) is 11.1. The van der Waals surface area contributed by atoms with Gasteiger partial charge in [-0.25, -0.2) is 4.98 Å². The molecule has 0 aromatic carbocycles. The second kappa shape index (κ2) is 10.0. The van der Waals surface area contributed by atoms with Gasteiger partial charge >= 0.3 is 0 Å². The number of fused-ring (bicyclic) bond motifs is 3. The predicted octanol–water partition coefficient (Wildman–Crippen LogP) is 3.82. The maximum absolute atomic E-state index is 12.7. The Labute approximate surface area is 213 Å². The summed E-state index contributed by atoms with van der Waals surface area (Å²) in [6, 6.07) is 7.62. The fourth-order valence-corrected chi connectivity index (χ4v) is 6.67. The Balaban J connectivity index is 1.37. The zero-order chi connectivity index (χ0) is 24.6. The van der Waals surface area contributed by atoms with E-state index < -0.39 is 8.07 Å². The van der Waals surface area contributed by atoms with E-state index in [1.54, 1.807) is 12.3 Å². The van der Waals surface area contributed by atoms with Crippen molar-refractivity contribution in [3.05, 3.63) is 57.3 Å². The molecule has 0 amide bonds. The molecule has 1 saturated heterocycles. The van der Waals surface area contributed by atoms with E-state index in [-0.39, 0.29) is 5.43 Å². The van der Waals surface area contributed by atoms with Crippen molar-refractivity contribution in [1.82, 2.24) is 19.0 Å². The van der Waals surface area contributed by atoms with Crippen molar-refractivity contribution in [2.75, 3.05) is 19.7 Å². The molecule has 9 heteroatoms. The fraction of sp³-hybridized carbons (Fsp3) is 0.462. The highest BCUT2D eigenvalue weighted by Gasteiger charge is 2.23. The van der Waals surface area contributed by atoms with Crippen LogP contribution in [0.25, 0.3) is 21.9 Å². The number of rotatable bonds is 8. The molecule has 0 bridgehead atoms. The SMILES string of the molecule is Bc1csc(CN2CCC(n3ccc(=O)c4cnc5c(ccn5COCC[Si](C)(C)C)c43)CC2)c1. The molecule has 0 saturated carbocycles. The van der Waals surface area contributed by atoms with Gasteiger partial charge in [-0.15, -0.1) is 11.3 Å². The number of nitrogens with zero attached hydrogens (tertiary/aromatic N) is 4. The minimum Gasteiger partial charge on any atom is -0.361 e. The third-order valence-electron chi connectivity index (χ3n) is 7.01. The zero-order valence-electron chi connectivity index (χ0n) is 21.3. The van der Waals surface area contributed by atoms with Gasteiger partial charge in [-0.3, -0.25) is 9.69 Å². The van der Waals surface area contributed by atoms with Crippen LogP contribution in [-0.2, 0) is 18.0 Å². The number of aromatic nitrogens is 3. The number of ether oxygens (including phenoxy) is 1. The normalized spacial score (nSPS) is 16.0. The minimum absolute atomic E-state index is 0.0373. The summed E-state index contributed by atoms with van der Waals surface area (Å²) in [4.78, 5) is 21.4. The number of likely N-dealkylation sites (tertiary alicyclic amines) is 1. The van der Waals surface area contributed by atoms with E-state index in [0.717, 1.165) is 61.7 Å². The van der Waals surface area contributed by atoms with E-state index in [4.69, 9.17) is 4.74 Å². The standard InChI is InChI=1S/C26H35BN4O2SSi/c1-35(2,3)13-12-33-18-30-10-6-22-25-23(15-28-26(22)30)24(32)7-11-31(25)20-4-8-29(9-5-20)16-21-14-19(27)17-34-21/h6-7,10-11,14-15,17,20H,4-5,8-9,12-13,16,18,27H2,1-3H3. The molecular formula is C26H35BN4O2SSi. The minimum atomic E-state index is -1.12. The monoisotopic (exact) mass is 506 g/mol. The third-order valence-corrected chi connectivity index (χ3v) is 9.76. The first-order chi connectivity index (χ1) is 16.8. The Bertz CT molecular complexity index is 1380. The van der Waals surface area contributed by atoms with Gasteiger partial charge in [0.05, 0.1) is 10.9 Å². The van der Waals surface area contributed by atoms with Crippen LogP contribution in [0.15, 0.2) is 47.0 Å². The first-order valence-corrected chi connectivity index (χ1v) is 17.2. The molecule has 6 nitrogen and oxygen atoms in total. The lowest BCUT2D eigenvalue weighted by Crippen LogP contribution is -2.34. The average molecular weight is 507 g/mol. The Morgan fingerprint density at radius 1 is 1.17 bits per heavy atom. The van der Waals surface area contributed by atoms with Crippen LogP contribution in [0, 0.1) is 0 Å². The van der Waals surface area contributed by atoms with Gasteiger partial charge in [0.15, 0.2) is 5.43 Å². The van der Waals surface area contributed by atoms with E-state index >= 15 is 0 Å². The summed E-state index contributed by atoms with van der Waals surface area (Å²) in [5.41, 5.74) is 3.28. The molecule has 35 heavy (non-hydrogen) atoms. The highest BCUT2D eigenvalue weighted by molar-refractivity contribution is 7.10. The van der Waals surface area contributed by atoms with Gasteiger partial charge in [0.2, 0.25) is 0 Å². The Kier molecular flexibility index (Phi) is 7.03.